The lowest BCUT2D eigenvalue weighted by molar-refractivity contribution is 0.531. The Kier molecular flexibility index (Phi) is 19.4. The van der Waals surface area contributed by atoms with Crippen LogP contribution >= 0.6 is 0 Å². The van der Waals surface area contributed by atoms with Gasteiger partial charge >= 0.3 is 0 Å². The fourth-order valence-corrected chi connectivity index (χ4v) is 2.98. The summed E-state index contributed by atoms with van der Waals surface area (Å²) in [5.41, 5.74) is 11.1. The van der Waals surface area contributed by atoms with Gasteiger partial charge in [-0.05, 0) is 32.1 Å². The summed E-state index contributed by atoms with van der Waals surface area (Å²) in [7, 11) is 0. The fourth-order valence-electron chi connectivity index (χ4n) is 2.98. The third-order valence-corrected chi connectivity index (χ3v) is 4.55. The largest absolute Gasteiger partial charge is 0.316 e. The Morgan fingerprint density at radius 1 is 0.565 bits per heavy atom. The van der Waals surface area contributed by atoms with Gasteiger partial charge in [-0.25, -0.2) is 0 Å². The van der Waals surface area contributed by atoms with E-state index in [9.17, 15) is 0 Å². The first kappa shape index (κ1) is 22.7. The third-order valence-electron chi connectivity index (χ3n) is 4.55. The molecule has 2 heteroatoms. The number of hydrogen-bond acceptors (Lipinski definition) is 2. The van der Waals surface area contributed by atoms with Gasteiger partial charge in [0, 0.05) is 0 Å². The van der Waals surface area contributed by atoms with Crippen LogP contribution in [-0.2, 0) is 0 Å². The van der Waals surface area contributed by atoms with Gasteiger partial charge < -0.3 is 11.5 Å². The molecule has 0 aliphatic carbocycles. The Morgan fingerprint density at radius 3 is 1.39 bits per heavy atom. The minimum absolute atomic E-state index is 0.107. The molecule has 2 nitrogen and oxygen atoms in total. The second kappa shape index (κ2) is 19.7. The van der Waals surface area contributed by atoms with Crippen molar-refractivity contribution in [2.24, 2.45) is 11.5 Å². The molecule has 0 aromatic heterocycles. The van der Waals surface area contributed by atoms with E-state index in [0.29, 0.717) is 0 Å². The van der Waals surface area contributed by atoms with Gasteiger partial charge in [0.05, 0.1) is 6.17 Å². The first-order valence-electron chi connectivity index (χ1n) is 10.4. The Bertz CT molecular complexity index is 236. The van der Waals surface area contributed by atoms with Crippen LogP contribution < -0.4 is 11.5 Å². The van der Waals surface area contributed by atoms with E-state index in [4.69, 9.17) is 11.5 Å². The van der Waals surface area contributed by atoms with E-state index in [-0.39, 0.29) is 6.17 Å². The maximum absolute atomic E-state index is 5.54. The Labute approximate surface area is 146 Å². The first-order valence-corrected chi connectivity index (χ1v) is 10.4. The van der Waals surface area contributed by atoms with Gasteiger partial charge in [-0.2, -0.15) is 0 Å². The molecule has 0 fully saturated rings. The molecule has 0 saturated carbocycles. The van der Waals surface area contributed by atoms with Gasteiger partial charge in [-0.15, -0.1) is 0 Å². The van der Waals surface area contributed by atoms with Crippen LogP contribution in [0.3, 0.4) is 0 Å². The van der Waals surface area contributed by atoms with Crippen molar-refractivity contribution >= 4 is 0 Å². The van der Waals surface area contributed by atoms with Crippen LogP contribution in [0.1, 0.15) is 116 Å². The molecule has 0 saturated heterocycles. The highest BCUT2D eigenvalue weighted by Crippen LogP contribution is 2.11. The zero-order valence-electron chi connectivity index (χ0n) is 15.9. The van der Waals surface area contributed by atoms with Gasteiger partial charge in [0.1, 0.15) is 0 Å². The standard InChI is InChI=1S/C21H44N2/c1-2-3-4-5-6-7-8-9-10-11-12-13-14-15-16-17-18-19-20-21(22)23/h9-10,21H,2-8,11-20,22-23H2,1H3/b10-9-. The second-order valence-corrected chi connectivity index (χ2v) is 7.10. The molecule has 0 aromatic rings. The van der Waals surface area contributed by atoms with Crippen LogP contribution in [0.15, 0.2) is 12.2 Å². The summed E-state index contributed by atoms with van der Waals surface area (Å²) in [6.07, 6.45) is 27.5. The first-order chi connectivity index (χ1) is 11.3. The van der Waals surface area contributed by atoms with E-state index < -0.39 is 0 Å². The van der Waals surface area contributed by atoms with Crippen LogP contribution in [0, 0.1) is 0 Å². The number of allylic oxidation sites excluding steroid dienone is 2. The van der Waals surface area contributed by atoms with Crippen LogP contribution in [0.4, 0.5) is 0 Å². The molecule has 0 radical (unpaired) electrons. The van der Waals surface area contributed by atoms with Crippen molar-refractivity contribution in [2.75, 3.05) is 0 Å². The van der Waals surface area contributed by atoms with Gasteiger partial charge in [0.2, 0.25) is 0 Å². The molecule has 0 aliphatic heterocycles. The molecule has 0 spiro atoms. The van der Waals surface area contributed by atoms with E-state index in [1.54, 1.807) is 0 Å². The molecule has 138 valence electrons. The predicted octanol–water partition coefficient (Wildman–Crippen LogP) is 6.44. The molecule has 0 atom stereocenters. The van der Waals surface area contributed by atoms with Gasteiger partial charge in [0.25, 0.3) is 0 Å². The van der Waals surface area contributed by atoms with E-state index in [1.165, 1.54) is 103 Å². The van der Waals surface area contributed by atoms with Crippen LogP contribution in [0.5, 0.6) is 0 Å². The highest BCUT2D eigenvalue weighted by molar-refractivity contribution is 4.81. The smallest absolute Gasteiger partial charge is 0.0520 e. The lowest BCUT2D eigenvalue weighted by Crippen LogP contribution is -2.29. The zero-order valence-corrected chi connectivity index (χ0v) is 15.9. The zero-order chi connectivity index (χ0) is 17.0. The minimum Gasteiger partial charge on any atom is -0.316 e. The summed E-state index contributed by atoms with van der Waals surface area (Å²) in [6, 6.07) is 0. The minimum atomic E-state index is -0.107. The maximum atomic E-state index is 5.54. The van der Waals surface area contributed by atoms with Crippen molar-refractivity contribution in [2.45, 2.75) is 122 Å². The number of hydrogen-bond donors (Lipinski definition) is 2. The normalized spacial score (nSPS) is 11.8. The summed E-state index contributed by atoms with van der Waals surface area (Å²) >= 11 is 0. The quantitative estimate of drug-likeness (QED) is 0.173. The van der Waals surface area contributed by atoms with E-state index in [2.05, 4.69) is 19.1 Å². The predicted molar refractivity (Wildman–Crippen MR) is 105 cm³/mol. The average Bonchev–Trinajstić information content (AvgIpc) is 2.53. The van der Waals surface area contributed by atoms with Crippen LogP contribution in [0.2, 0.25) is 0 Å². The second-order valence-electron chi connectivity index (χ2n) is 7.10. The molecule has 0 bridgehead atoms. The number of nitrogens with two attached hydrogens (primary N) is 2. The molecular formula is C21H44N2. The maximum Gasteiger partial charge on any atom is 0.0520 e. The van der Waals surface area contributed by atoms with Gasteiger partial charge in [-0.1, -0.05) is 96.1 Å². The Hall–Kier alpha value is -0.340. The fraction of sp³-hybridized carbons (Fsp3) is 0.905. The molecule has 0 unspecified atom stereocenters. The SMILES string of the molecule is CCCCCCCC/C=C\CCCCCCCCCCC(N)N. The monoisotopic (exact) mass is 324 g/mol. The summed E-state index contributed by atoms with van der Waals surface area (Å²) in [6.45, 7) is 2.28. The summed E-state index contributed by atoms with van der Waals surface area (Å²) < 4.78 is 0. The number of unbranched alkanes of at least 4 members (excludes halogenated alkanes) is 14. The molecule has 4 N–H and O–H groups in total. The van der Waals surface area contributed by atoms with Gasteiger partial charge in [-0.3, -0.25) is 0 Å². The highest BCUT2D eigenvalue weighted by atomic mass is 14.8. The van der Waals surface area contributed by atoms with Gasteiger partial charge in [0.15, 0.2) is 0 Å². The van der Waals surface area contributed by atoms with Crippen LogP contribution in [-0.4, -0.2) is 6.17 Å². The molecule has 0 aliphatic rings. The van der Waals surface area contributed by atoms with E-state index in [1.807, 2.05) is 0 Å². The summed E-state index contributed by atoms with van der Waals surface area (Å²) in [4.78, 5) is 0. The summed E-state index contributed by atoms with van der Waals surface area (Å²) in [5.74, 6) is 0. The van der Waals surface area contributed by atoms with Crippen LogP contribution in [0.25, 0.3) is 0 Å². The van der Waals surface area contributed by atoms with Crippen molar-refractivity contribution < 1.29 is 0 Å². The molecule has 0 amide bonds. The Balaban J connectivity index is 3.05. The van der Waals surface area contributed by atoms with Crippen molar-refractivity contribution in [3.8, 4) is 0 Å². The average molecular weight is 325 g/mol. The van der Waals surface area contributed by atoms with Crippen molar-refractivity contribution in [3.63, 3.8) is 0 Å². The molecule has 0 heterocycles. The van der Waals surface area contributed by atoms with Crippen molar-refractivity contribution in [1.29, 1.82) is 0 Å². The van der Waals surface area contributed by atoms with E-state index >= 15 is 0 Å². The lowest BCUT2D eigenvalue weighted by atomic mass is 10.1. The third kappa shape index (κ3) is 21.7. The highest BCUT2D eigenvalue weighted by Gasteiger charge is 1.95. The molecule has 23 heavy (non-hydrogen) atoms. The molecule has 0 rings (SSSR count). The summed E-state index contributed by atoms with van der Waals surface area (Å²) in [5, 5.41) is 0. The topological polar surface area (TPSA) is 52.0 Å². The lowest BCUT2D eigenvalue weighted by Gasteiger charge is -2.04. The van der Waals surface area contributed by atoms with Crippen molar-refractivity contribution in [3.05, 3.63) is 12.2 Å². The number of rotatable bonds is 18. The Morgan fingerprint density at radius 2 is 0.957 bits per heavy atom. The van der Waals surface area contributed by atoms with E-state index in [0.717, 1.165) is 6.42 Å². The molecule has 0 aromatic carbocycles. The van der Waals surface area contributed by atoms with Crippen molar-refractivity contribution in [1.82, 2.24) is 0 Å². The molecular weight excluding hydrogens is 280 g/mol.